The number of aryl methyl sites for hydroxylation is 1. The quantitative estimate of drug-likeness (QED) is 0.558. The van der Waals surface area contributed by atoms with E-state index in [1.165, 1.54) is 12.1 Å². The zero-order chi connectivity index (χ0) is 21.0. The van der Waals surface area contributed by atoms with Gasteiger partial charge >= 0.3 is 0 Å². The average molecular weight is 403 g/mol. The summed E-state index contributed by atoms with van der Waals surface area (Å²) in [7, 11) is 1.78. The van der Waals surface area contributed by atoms with Crippen molar-refractivity contribution in [1.29, 1.82) is 0 Å². The van der Waals surface area contributed by atoms with Gasteiger partial charge in [-0.3, -0.25) is 14.7 Å². The molecular weight excluding hydrogens is 385 g/mol. The number of halogens is 1. The summed E-state index contributed by atoms with van der Waals surface area (Å²) in [4.78, 5) is 26.8. The summed E-state index contributed by atoms with van der Waals surface area (Å²) in [5.74, 6) is -0.568. The van der Waals surface area contributed by atoms with Gasteiger partial charge in [0, 0.05) is 30.8 Å². The molecule has 5 rings (SSSR count). The lowest BCUT2D eigenvalue weighted by atomic mass is 9.96. The molecule has 1 amide bonds. The maximum atomic E-state index is 14.5. The fraction of sp³-hybridized carbons (Fsp3) is 0.182. The van der Waals surface area contributed by atoms with Gasteiger partial charge in [0.05, 0.1) is 5.52 Å². The van der Waals surface area contributed by atoms with Gasteiger partial charge in [-0.25, -0.2) is 4.39 Å². The van der Waals surface area contributed by atoms with Crippen molar-refractivity contribution >= 4 is 16.9 Å². The van der Waals surface area contributed by atoms with E-state index in [0.29, 0.717) is 40.0 Å². The molecule has 0 saturated heterocycles. The predicted molar refractivity (Wildman–Crippen MR) is 110 cm³/mol. The Kier molecular flexibility index (Phi) is 4.02. The minimum atomic E-state index is -0.531. The second-order valence-corrected chi connectivity index (χ2v) is 7.48. The van der Waals surface area contributed by atoms with E-state index >= 15 is 0 Å². The van der Waals surface area contributed by atoms with Gasteiger partial charge in [-0.15, -0.1) is 0 Å². The lowest BCUT2D eigenvalue weighted by molar-refractivity contribution is 0.0781. The predicted octanol–water partition coefficient (Wildman–Crippen LogP) is 2.85. The summed E-state index contributed by atoms with van der Waals surface area (Å²) in [6.07, 6.45) is 0.795. The molecule has 7 nitrogen and oxygen atoms in total. The number of amides is 1. The third kappa shape index (κ3) is 2.72. The fourth-order valence-corrected chi connectivity index (χ4v) is 3.87. The first-order chi connectivity index (χ1) is 14.4. The van der Waals surface area contributed by atoms with Crippen LogP contribution in [-0.2, 0) is 6.42 Å². The molecule has 1 aliphatic heterocycles. The Labute approximate surface area is 170 Å². The van der Waals surface area contributed by atoms with Crippen LogP contribution in [0.2, 0.25) is 0 Å². The van der Waals surface area contributed by atoms with Crippen molar-refractivity contribution < 1.29 is 9.18 Å². The number of rotatable bonds is 2. The molecule has 0 atom stereocenters. The molecule has 4 aromatic rings. The van der Waals surface area contributed by atoms with Gasteiger partial charge in [0.2, 0.25) is 0 Å². The molecule has 1 aliphatic rings. The van der Waals surface area contributed by atoms with Gasteiger partial charge in [-0.05, 0) is 36.6 Å². The molecule has 0 unspecified atom stereocenters. The van der Waals surface area contributed by atoms with Crippen LogP contribution in [0.4, 0.5) is 4.39 Å². The Bertz CT molecular complexity index is 1370. The molecule has 0 bridgehead atoms. The molecular formula is C22H18FN5O2. The topological polar surface area (TPSA) is 83.9 Å². The second kappa shape index (κ2) is 6.62. The fourth-order valence-electron chi connectivity index (χ4n) is 3.87. The number of aromatic amines is 1. The molecule has 1 N–H and O–H groups in total. The second-order valence-electron chi connectivity index (χ2n) is 7.48. The number of aromatic nitrogens is 4. The molecule has 0 spiro atoms. The van der Waals surface area contributed by atoms with Gasteiger partial charge in [-0.2, -0.15) is 14.9 Å². The van der Waals surface area contributed by atoms with Crippen molar-refractivity contribution in [2.24, 2.45) is 0 Å². The van der Waals surface area contributed by atoms with Gasteiger partial charge in [0.1, 0.15) is 22.7 Å². The van der Waals surface area contributed by atoms with Crippen LogP contribution >= 0.6 is 0 Å². The SMILES string of the molecule is Cc1cccc(F)c1-n1nc2c(-c3ccc4c(c3)C(=O)N(C)CC4)n[nH]c2cc1=O. The monoisotopic (exact) mass is 403 g/mol. The van der Waals surface area contributed by atoms with E-state index < -0.39 is 11.4 Å². The van der Waals surface area contributed by atoms with E-state index in [1.54, 1.807) is 37.1 Å². The van der Waals surface area contributed by atoms with Crippen molar-refractivity contribution in [3.63, 3.8) is 0 Å². The van der Waals surface area contributed by atoms with Crippen LogP contribution < -0.4 is 5.56 Å². The Morgan fingerprint density at radius 1 is 1.13 bits per heavy atom. The zero-order valence-corrected chi connectivity index (χ0v) is 16.4. The number of hydrogen-bond acceptors (Lipinski definition) is 4. The van der Waals surface area contributed by atoms with E-state index in [-0.39, 0.29) is 11.6 Å². The van der Waals surface area contributed by atoms with Crippen LogP contribution in [0, 0.1) is 12.7 Å². The third-order valence-electron chi connectivity index (χ3n) is 5.52. The van der Waals surface area contributed by atoms with Gasteiger partial charge in [0.25, 0.3) is 11.5 Å². The van der Waals surface area contributed by atoms with Gasteiger partial charge in [-0.1, -0.05) is 24.3 Å². The summed E-state index contributed by atoms with van der Waals surface area (Å²) in [5.41, 5.74) is 3.94. The molecule has 30 heavy (non-hydrogen) atoms. The Morgan fingerprint density at radius 3 is 2.77 bits per heavy atom. The third-order valence-corrected chi connectivity index (χ3v) is 5.52. The maximum absolute atomic E-state index is 14.5. The first-order valence-electron chi connectivity index (χ1n) is 9.57. The Morgan fingerprint density at radius 2 is 1.97 bits per heavy atom. The van der Waals surface area contributed by atoms with Crippen LogP contribution in [0.3, 0.4) is 0 Å². The highest BCUT2D eigenvalue weighted by atomic mass is 19.1. The number of nitrogens with one attached hydrogen (secondary N) is 1. The van der Waals surface area contributed by atoms with E-state index in [2.05, 4.69) is 15.3 Å². The maximum Gasteiger partial charge on any atom is 0.273 e. The number of H-pyrrole nitrogens is 1. The van der Waals surface area contributed by atoms with Crippen LogP contribution in [0.1, 0.15) is 21.5 Å². The zero-order valence-electron chi connectivity index (χ0n) is 16.4. The van der Waals surface area contributed by atoms with Crippen molar-refractivity contribution in [2.75, 3.05) is 13.6 Å². The lowest BCUT2D eigenvalue weighted by Crippen LogP contribution is -2.34. The molecule has 150 valence electrons. The summed E-state index contributed by atoms with van der Waals surface area (Å²) in [5, 5.41) is 11.6. The smallest absolute Gasteiger partial charge is 0.273 e. The van der Waals surface area contributed by atoms with E-state index in [0.717, 1.165) is 16.7 Å². The van der Waals surface area contributed by atoms with Crippen LogP contribution in [0.25, 0.3) is 28.0 Å². The number of fused-ring (bicyclic) bond motifs is 2. The number of carbonyl (C=O) groups excluding carboxylic acids is 1. The summed E-state index contributed by atoms with van der Waals surface area (Å²) in [6.45, 7) is 2.41. The van der Waals surface area contributed by atoms with Crippen LogP contribution in [0.15, 0.2) is 47.3 Å². The summed E-state index contributed by atoms with van der Waals surface area (Å²) in [6, 6.07) is 11.6. The molecule has 2 aromatic heterocycles. The number of hydrogen-bond donors (Lipinski definition) is 1. The van der Waals surface area contributed by atoms with Crippen molar-refractivity contribution in [2.45, 2.75) is 13.3 Å². The van der Waals surface area contributed by atoms with E-state index in [4.69, 9.17) is 0 Å². The largest absolute Gasteiger partial charge is 0.341 e. The van der Waals surface area contributed by atoms with Crippen LogP contribution in [0.5, 0.6) is 0 Å². The van der Waals surface area contributed by atoms with E-state index in [1.807, 2.05) is 12.1 Å². The minimum Gasteiger partial charge on any atom is -0.341 e. The van der Waals surface area contributed by atoms with Gasteiger partial charge < -0.3 is 4.90 Å². The van der Waals surface area contributed by atoms with Gasteiger partial charge in [0.15, 0.2) is 0 Å². The molecule has 3 heterocycles. The number of nitrogens with zero attached hydrogens (tertiary/aromatic N) is 4. The average Bonchev–Trinajstić information content (AvgIpc) is 3.13. The van der Waals surface area contributed by atoms with Crippen LogP contribution in [-0.4, -0.2) is 44.4 Å². The number of carbonyl (C=O) groups is 1. The first-order valence-corrected chi connectivity index (χ1v) is 9.57. The Balaban J connectivity index is 1.71. The van der Waals surface area contributed by atoms with Crippen molar-refractivity contribution in [3.8, 4) is 16.9 Å². The summed E-state index contributed by atoms with van der Waals surface area (Å²) < 4.78 is 15.5. The number of benzene rings is 2. The number of likely N-dealkylation sites (N-methyl/N-ethyl adjacent to an activating group) is 1. The Hall–Kier alpha value is -3.81. The highest BCUT2D eigenvalue weighted by Gasteiger charge is 2.23. The molecule has 0 aliphatic carbocycles. The minimum absolute atomic E-state index is 0.0372. The molecule has 0 fully saturated rings. The number of para-hydroxylation sites is 1. The molecule has 2 aromatic carbocycles. The molecule has 0 radical (unpaired) electrons. The summed E-state index contributed by atoms with van der Waals surface area (Å²) >= 11 is 0. The highest BCUT2D eigenvalue weighted by Crippen LogP contribution is 2.29. The first kappa shape index (κ1) is 18.2. The standard InChI is InChI=1S/C22H18FN5O2/c1-12-4-3-5-16(23)21(12)28-18(29)11-17-20(26-28)19(25-24-17)14-7-6-13-8-9-27(2)22(30)15(13)10-14/h3-7,10-11,24H,8-9H2,1-2H3. The molecule has 8 heteroatoms. The molecule has 0 saturated carbocycles. The lowest BCUT2D eigenvalue weighted by Gasteiger charge is -2.25. The van der Waals surface area contributed by atoms with E-state index in [9.17, 15) is 14.0 Å². The normalized spacial score (nSPS) is 13.7. The highest BCUT2D eigenvalue weighted by molar-refractivity contribution is 5.99. The van der Waals surface area contributed by atoms with Crippen molar-refractivity contribution in [1.82, 2.24) is 24.9 Å². The van der Waals surface area contributed by atoms with Crippen molar-refractivity contribution in [3.05, 3.63) is 75.3 Å².